The Morgan fingerprint density at radius 1 is 1.00 bits per heavy atom. The maximum atomic E-state index is 12.8. The lowest BCUT2D eigenvalue weighted by atomic mass is 9.87. The van der Waals surface area contributed by atoms with Crippen LogP contribution in [0, 0.1) is 5.92 Å². The van der Waals surface area contributed by atoms with Crippen LogP contribution in [0.5, 0.6) is 0 Å². The average molecular weight is 438 g/mol. The lowest BCUT2D eigenvalue weighted by Crippen LogP contribution is -2.41. The van der Waals surface area contributed by atoms with Crippen molar-refractivity contribution in [1.82, 2.24) is 15.2 Å². The summed E-state index contributed by atoms with van der Waals surface area (Å²) in [4.78, 5) is 32.4. The van der Waals surface area contributed by atoms with E-state index in [1.165, 1.54) is 30.4 Å². The summed E-state index contributed by atoms with van der Waals surface area (Å²) in [5.41, 5.74) is 3.10. The number of amides is 2. The van der Waals surface area contributed by atoms with Crippen molar-refractivity contribution in [2.75, 3.05) is 13.1 Å². The molecule has 5 rings (SSSR count). The number of nitrogens with zero attached hydrogens (tertiary/aromatic N) is 2. The van der Waals surface area contributed by atoms with E-state index in [2.05, 4.69) is 28.4 Å². The molecule has 0 radical (unpaired) electrons. The number of aromatic nitrogens is 1. The zero-order chi connectivity index (χ0) is 21.2. The summed E-state index contributed by atoms with van der Waals surface area (Å²) in [5, 5.41) is 6.12. The molecule has 6 heteroatoms. The predicted octanol–water partition coefficient (Wildman–Crippen LogP) is 4.85. The van der Waals surface area contributed by atoms with Gasteiger partial charge in [0.25, 0.3) is 5.91 Å². The molecule has 2 fully saturated rings. The number of hydrogen-bond donors (Lipinski definition) is 1. The third-order valence-electron chi connectivity index (χ3n) is 7.30. The molecule has 0 bridgehead atoms. The SMILES string of the molecule is O=C(NC1CCc2ccccc21)c1csc(C2CCN(C(=O)C3CCCCC3)CC2)n1. The monoisotopic (exact) mass is 437 g/mol. The van der Waals surface area contributed by atoms with E-state index in [-0.39, 0.29) is 17.9 Å². The minimum atomic E-state index is -0.0749. The molecule has 2 heterocycles. The Balaban J connectivity index is 1.16. The van der Waals surface area contributed by atoms with Crippen LogP contribution in [0.15, 0.2) is 29.6 Å². The van der Waals surface area contributed by atoms with Gasteiger partial charge in [-0.1, -0.05) is 43.5 Å². The maximum Gasteiger partial charge on any atom is 0.271 e. The van der Waals surface area contributed by atoms with Crippen LogP contribution in [0.3, 0.4) is 0 Å². The maximum absolute atomic E-state index is 12.8. The van der Waals surface area contributed by atoms with E-state index in [0.717, 1.165) is 56.6 Å². The van der Waals surface area contributed by atoms with Gasteiger partial charge in [-0.25, -0.2) is 4.98 Å². The van der Waals surface area contributed by atoms with Crippen molar-refractivity contribution >= 4 is 23.2 Å². The third kappa shape index (κ3) is 4.40. The van der Waals surface area contributed by atoms with Gasteiger partial charge in [0.15, 0.2) is 0 Å². The van der Waals surface area contributed by atoms with Crippen LogP contribution in [0.4, 0.5) is 0 Å². The fraction of sp³-hybridized carbons (Fsp3) is 0.560. The van der Waals surface area contributed by atoms with Gasteiger partial charge in [0.2, 0.25) is 5.91 Å². The summed E-state index contributed by atoms with van der Waals surface area (Å²) < 4.78 is 0. The summed E-state index contributed by atoms with van der Waals surface area (Å²) in [6.45, 7) is 1.64. The molecule has 1 unspecified atom stereocenters. The molecule has 1 saturated carbocycles. The van der Waals surface area contributed by atoms with E-state index in [4.69, 9.17) is 4.98 Å². The Bertz CT molecular complexity index is 942. The smallest absolute Gasteiger partial charge is 0.271 e. The quantitative estimate of drug-likeness (QED) is 0.744. The lowest BCUT2D eigenvalue weighted by molar-refractivity contribution is -0.137. The highest BCUT2D eigenvalue weighted by atomic mass is 32.1. The van der Waals surface area contributed by atoms with Gasteiger partial charge in [0, 0.05) is 30.3 Å². The molecule has 2 amide bonds. The summed E-state index contributed by atoms with van der Waals surface area (Å²) in [6.07, 6.45) is 9.67. The lowest BCUT2D eigenvalue weighted by Gasteiger charge is -2.34. The highest BCUT2D eigenvalue weighted by Crippen LogP contribution is 2.34. The molecule has 1 atom stereocenters. The molecule has 5 nitrogen and oxygen atoms in total. The predicted molar refractivity (Wildman–Crippen MR) is 122 cm³/mol. The van der Waals surface area contributed by atoms with Gasteiger partial charge in [-0.2, -0.15) is 0 Å². The van der Waals surface area contributed by atoms with Crippen LogP contribution in [0.25, 0.3) is 0 Å². The Morgan fingerprint density at radius 2 is 1.77 bits per heavy atom. The van der Waals surface area contributed by atoms with Gasteiger partial charge < -0.3 is 10.2 Å². The van der Waals surface area contributed by atoms with Crippen LogP contribution in [-0.2, 0) is 11.2 Å². The fourth-order valence-corrected chi connectivity index (χ4v) is 6.44. The van der Waals surface area contributed by atoms with Crippen molar-refractivity contribution < 1.29 is 9.59 Å². The molecule has 1 aromatic heterocycles. The van der Waals surface area contributed by atoms with Crippen molar-refractivity contribution in [3.8, 4) is 0 Å². The normalized spacial score (nSPS) is 22.3. The summed E-state index contributed by atoms with van der Waals surface area (Å²) >= 11 is 1.59. The first kappa shape index (κ1) is 20.7. The Morgan fingerprint density at radius 3 is 2.58 bits per heavy atom. The summed E-state index contributed by atoms with van der Waals surface area (Å²) in [7, 11) is 0. The number of fused-ring (bicyclic) bond motifs is 1. The number of aryl methyl sites for hydroxylation is 1. The largest absolute Gasteiger partial charge is 0.344 e. The Kier molecular flexibility index (Phi) is 6.08. The highest BCUT2D eigenvalue weighted by Gasteiger charge is 2.31. The first-order chi connectivity index (χ1) is 15.2. The first-order valence-corrected chi connectivity index (χ1v) is 12.7. The molecule has 1 saturated heterocycles. The van der Waals surface area contributed by atoms with Crippen LogP contribution in [0.2, 0.25) is 0 Å². The minimum absolute atomic E-state index is 0.0749. The van der Waals surface area contributed by atoms with Crippen LogP contribution < -0.4 is 5.32 Å². The molecule has 1 aliphatic heterocycles. The second-order valence-corrected chi connectivity index (χ2v) is 10.2. The van der Waals surface area contributed by atoms with E-state index in [1.807, 2.05) is 11.4 Å². The zero-order valence-electron chi connectivity index (χ0n) is 18.0. The van der Waals surface area contributed by atoms with E-state index >= 15 is 0 Å². The number of benzene rings is 1. The molecule has 1 aromatic carbocycles. The number of hydrogen-bond acceptors (Lipinski definition) is 4. The van der Waals surface area contributed by atoms with Crippen molar-refractivity contribution in [1.29, 1.82) is 0 Å². The average Bonchev–Trinajstić information content (AvgIpc) is 3.47. The third-order valence-corrected chi connectivity index (χ3v) is 8.31. The van der Waals surface area contributed by atoms with E-state index < -0.39 is 0 Å². The molecule has 3 aliphatic rings. The number of carbonyl (C=O) groups is 2. The van der Waals surface area contributed by atoms with Gasteiger partial charge in [-0.15, -0.1) is 11.3 Å². The number of carbonyl (C=O) groups excluding carboxylic acids is 2. The van der Waals surface area contributed by atoms with Crippen LogP contribution in [-0.4, -0.2) is 34.8 Å². The summed E-state index contributed by atoms with van der Waals surface area (Å²) in [5.74, 6) is 0.902. The Hall–Kier alpha value is -2.21. The van der Waals surface area contributed by atoms with Gasteiger partial charge in [-0.05, 0) is 49.7 Å². The molecular weight excluding hydrogens is 406 g/mol. The molecule has 2 aliphatic carbocycles. The highest BCUT2D eigenvalue weighted by molar-refractivity contribution is 7.09. The minimum Gasteiger partial charge on any atom is -0.344 e. The number of piperidine rings is 1. The molecule has 164 valence electrons. The van der Waals surface area contributed by atoms with E-state index in [9.17, 15) is 9.59 Å². The second kappa shape index (κ2) is 9.11. The first-order valence-electron chi connectivity index (χ1n) is 11.8. The number of rotatable bonds is 4. The van der Waals surface area contributed by atoms with E-state index in [1.54, 1.807) is 11.3 Å². The fourth-order valence-electron chi connectivity index (χ4n) is 5.47. The molecule has 1 N–H and O–H groups in total. The second-order valence-electron chi connectivity index (χ2n) is 9.27. The standard InChI is InChI=1S/C25H31N3O2S/c29-23(26-21-11-10-17-6-4-5-9-20(17)21)22-16-31-24(27-22)18-12-14-28(15-13-18)25(30)19-7-2-1-3-8-19/h4-6,9,16,18-19,21H,1-3,7-8,10-15H2,(H,26,29). The van der Waals surface area contributed by atoms with Gasteiger partial charge >= 0.3 is 0 Å². The van der Waals surface area contributed by atoms with Gasteiger partial charge in [0.1, 0.15) is 5.69 Å². The van der Waals surface area contributed by atoms with Crippen molar-refractivity contribution in [3.05, 3.63) is 51.5 Å². The van der Waals surface area contributed by atoms with Crippen molar-refractivity contribution in [3.63, 3.8) is 0 Å². The van der Waals surface area contributed by atoms with Crippen LogP contribution in [0.1, 0.15) is 89.9 Å². The van der Waals surface area contributed by atoms with E-state index in [0.29, 0.717) is 17.5 Å². The molecular formula is C25H31N3O2S. The van der Waals surface area contributed by atoms with Crippen molar-refractivity contribution in [2.45, 2.75) is 69.7 Å². The summed E-state index contributed by atoms with van der Waals surface area (Å²) in [6, 6.07) is 8.44. The Labute approximate surface area is 188 Å². The van der Waals surface area contributed by atoms with Gasteiger partial charge in [-0.3, -0.25) is 9.59 Å². The number of thiazole rings is 1. The molecule has 2 aromatic rings. The van der Waals surface area contributed by atoms with Crippen molar-refractivity contribution in [2.24, 2.45) is 5.92 Å². The number of nitrogens with one attached hydrogen (secondary N) is 1. The topological polar surface area (TPSA) is 62.3 Å². The molecule has 31 heavy (non-hydrogen) atoms. The number of likely N-dealkylation sites (tertiary alicyclic amines) is 1. The zero-order valence-corrected chi connectivity index (χ0v) is 18.8. The van der Waals surface area contributed by atoms with Gasteiger partial charge in [0.05, 0.1) is 11.0 Å². The van der Waals surface area contributed by atoms with Crippen LogP contribution >= 0.6 is 11.3 Å². The molecule has 0 spiro atoms.